The van der Waals surface area contributed by atoms with Gasteiger partial charge in [0.2, 0.25) is 0 Å². The highest BCUT2D eigenvalue weighted by molar-refractivity contribution is 7.45. The first-order chi connectivity index (χ1) is 9.62. The molecule has 0 saturated heterocycles. The average molecular weight is 335 g/mol. The van der Waals surface area contributed by atoms with Crippen LogP contribution >= 0.6 is 22.2 Å². The molecule has 0 aliphatic carbocycles. The minimum atomic E-state index is -1.94. The molecule has 20 heavy (non-hydrogen) atoms. The number of hydrogen-bond acceptors (Lipinski definition) is 0. The first-order valence-electron chi connectivity index (χ1n) is 8.22. The molecule has 3 heteroatoms. The van der Waals surface area contributed by atoms with E-state index in [9.17, 15) is 0 Å². The predicted octanol–water partition coefficient (Wildman–Crippen LogP) is 7.57. The predicted molar refractivity (Wildman–Crippen MR) is 98.3 cm³/mol. The fourth-order valence-corrected chi connectivity index (χ4v) is 5.74. The van der Waals surface area contributed by atoms with Gasteiger partial charge in [0.1, 0.15) is 0 Å². The second-order valence-corrected chi connectivity index (χ2v) is 13.3. The van der Waals surface area contributed by atoms with Crippen LogP contribution in [-0.2, 0) is 0 Å². The van der Waals surface area contributed by atoms with Crippen molar-refractivity contribution in [2.24, 2.45) is 0 Å². The zero-order chi connectivity index (χ0) is 15.1. The summed E-state index contributed by atoms with van der Waals surface area (Å²) in [7, 11) is 0. The molecule has 0 spiro atoms. The third-order valence-corrected chi connectivity index (χ3v) is 8.09. The van der Waals surface area contributed by atoms with Crippen molar-refractivity contribution in [3.8, 4) is 0 Å². The van der Waals surface area contributed by atoms with Gasteiger partial charge in [-0.05, 0) is 37.8 Å². The Morgan fingerprint density at radius 1 is 0.600 bits per heavy atom. The van der Waals surface area contributed by atoms with Gasteiger partial charge in [-0.25, -0.2) is 0 Å². The van der Waals surface area contributed by atoms with E-state index in [0.717, 1.165) is 24.9 Å². The van der Waals surface area contributed by atoms with E-state index in [4.69, 9.17) is 22.2 Å². The highest BCUT2D eigenvalue weighted by atomic mass is 35.7. The minimum absolute atomic E-state index is 1.06. The fourth-order valence-electron chi connectivity index (χ4n) is 2.35. The molecule has 0 rings (SSSR count). The van der Waals surface area contributed by atoms with E-state index < -0.39 is 6.69 Å². The lowest BCUT2D eigenvalue weighted by molar-refractivity contribution is 0.610. The fraction of sp³-hybridized carbons (Fsp3) is 0.765. The zero-order valence-electron chi connectivity index (χ0n) is 13.0. The monoisotopic (exact) mass is 334 g/mol. The van der Waals surface area contributed by atoms with E-state index in [1.165, 1.54) is 57.8 Å². The SMILES string of the molecule is C=CCCCCCCCC[Si](Cl)(Cl)CCCCCC=C. The standard InChI is InChI=1S/C17H32Cl2Si/c1-3-5-7-9-10-11-13-15-17-20(18,19)16-14-12-8-6-4-2/h3-4H,1-2,5-17H2. The van der Waals surface area contributed by atoms with Crippen molar-refractivity contribution < 1.29 is 0 Å². The normalized spacial score (nSPS) is 11.5. The van der Waals surface area contributed by atoms with Crippen LogP contribution in [0, 0.1) is 0 Å². The summed E-state index contributed by atoms with van der Waals surface area (Å²) in [6, 6.07) is 2.14. The lowest BCUT2D eigenvalue weighted by Crippen LogP contribution is -2.18. The van der Waals surface area contributed by atoms with Crippen molar-refractivity contribution in [3.05, 3.63) is 25.3 Å². The summed E-state index contributed by atoms with van der Waals surface area (Å²) in [6.45, 7) is 5.55. The van der Waals surface area contributed by atoms with Crippen LogP contribution in [0.5, 0.6) is 0 Å². The van der Waals surface area contributed by atoms with Gasteiger partial charge in [-0.15, -0.1) is 35.3 Å². The second-order valence-electron chi connectivity index (χ2n) is 5.69. The van der Waals surface area contributed by atoms with Crippen LogP contribution in [0.4, 0.5) is 0 Å². The molecule has 0 unspecified atom stereocenters. The maximum absolute atomic E-state index is 6.50. The van der Waals surface area contributed by atoms with Gasteiger partial charge in [0.15, 0.2) is 0 Å². The van der Waals surface area contributed by atoms with Gasteiger partial charge in [-0.2, -0.15) is 0 Å². The molecule has 0 saturated carbocycles. The Labute approximate surface area is 137 Å². The van der Waals surface area contributed by atoms with Crippen molar-refractivity contribution in [2.75, 3.05) is 0 Å². The van der Waals surface area contributed by atoms with Crippen LogP contribution in [0.25, 0.3) is 0 Å². The van der Waals surface area contributed by atoms with Crippen LogP contribution in [0.2, 0.25) is 12.1 Å². The van der Waals surface area contributed by atoms with E-state index in [2.05, 4.69) is 13.2 Å². The summed E-state index contributed by atoms with van der Waals surface area (Å²) < 4.78 is 0. The highest BCUT2D eigenvalue weighted by Gasteiger charge is 2.26. The Kier molecular flexibility index (Phi) is 14.4. The molecule has 118 valence electrons. The quantitative estimate of drug-likeness (QED) is 0.125. The summed E-state index contributed by atoms with van der Waals surface area (Å²) in [4.78, 5) is 0. The van der Waals surface area contributed by atoms with Crippen molar-refractivity contribution in [1.82, 2.24) is 0 Å². The van der Waals surface area contributed by atoms with Gasteiger partial charge in [0.05, 0.1) is 0 Å². The smallest absolute Gasteiger partial charge is 0.146 e. The van der Waals surface area contributed by atoms with E-state index in [1.54, 1.807) is 0 Å². The average Bonchev–Trinajstić information content (AvgIpc) is 2.41. The molecule has 0 aromatic heterocycles. The molecule has 0 fully saturated rings. The van der Waals surface area contributed by atoms with E-state index in [1.807, 2.05) is 12.2 Å². The van der Waals surface area contributed by atoms with Crippen LogP contribution in [-0.4, -0.2) is 6.69 Å². The molecule has 0 N–H and O–H groups in total. The van der Waals surface area contributed by atoms with Crippen LogP contribution < -0.4 is 0 Å². The maximum atomic E-state index is 6.50. The van der Waals surface area contributed by atoms with Crippen molar-refractivity contribution in [1.29, 1.82) is 0 Å². The summed E-state index contributed by atoms with van der Waals surface area (Å²) in [5.74, 6) is 0. The molecular weight excluding hydrogens is 303 g/mol. The summed E-state index contributed by atoms with van der Waals surface area (Å²) in [6.07, 6.45) is 17.7. The minimum Gasteiger partial charge on any atom is -0.146 e. The van der Waals surface area contributed by atoms with Gasteiger partial charge < -0.3 is 0 Å². The molecule has 0 aromatic rings. The molecule has 0 aromatic carbocycles. The second kappa shape index (κ2) is 14.2. The maximum Gasteiger partial charge on any atom is 0.251 e. The van der Waals surface area contributed by atoms with E-state index >= 15 is 0 Å². The Hall–Kier alpha value is 0.277. The molecule has 0 heterocycles. The van der Waals surface area contributed by atoms with Gasteiger partial charge in [-0.3, -0.25) is 0 Å². The van der Waals surface area contributed by atoms with Gasteiger partial charge in [-0.1, -0.05) is 57.1 Å². The van der Waals surface area contributed by atoms with Crippen molar-refractivity contribution in [3.63, 3.8) is 0 Å². The van der Waals surface area contributed by atoms with Crippen LogP contribution in [0.1, 0.15) is 70.6 Å². The molecule has 0 amide bonds. The molecule has 0 aliphatic rings. The Morgan fingerprint density at radius 3 is 1.40 bits per heavy atom. The number of allylic oxidation sites excluding steroid dienone is 2. The third-order valence-electron chi connectivity index (χ3n) is 3.65. The Bertz CT molecular complexity index is 239. The largest absolute Gasteiger partial charge is 0.251 e. The molecule has 0 bridgehead atoms. The van der Waals surface area contributed by atoms with Crippen molar-refractivity contribution >= 4 is 28.9 Å². The zero-order valence-corrected chi connectivity index (χ0v) is 15.5. The molecule has 0 atom stereocenters. The molecular formula is C17H32Cl2Si. The van der Waals surface area contributed by atoms with Crippen molar-refractivity contribution in [2.45, 2.75) is 82.7 Å². The number of hydrogen-bond donors (Lipinski definition) is 0. The number of halogens is 2. The van der Waals surface area contributed by atoms with E-state index in [0.29, 0.717) is 0 Å². The van der Waals surface area contributed by atoms with Crippen LogP contribution in [0.3, 0.4) is 0 Å². The topological polar surface area (TPSA) is 0 Å². The number of rotatable bonds is 15. The third kappa shape index (κ3) is 14.7. The van der Waals surface area contributed by atoms with Gasteiger partial charge in [0.25, 0.3) is 6.69 Å². The molecule has 0 aliphatic heterocycles. The van der Waals surface area contributed by atoms with Crippen LogP contribution in [0.15, 0.2) is 25.3 Å². The lowest BCUT2D eigenvalue weighted by atomic mass is 10.1. The first-order valence-corrected chi connectivity index (χ1v) is 12.7. The number of unbranched alkanes of at least 4 members (excludes halogenated alkanes) is 9. The lowest BCUT2D eigenvalue weighted by Gasteiger charge is -2.16. The Morgan fingerprint density at radius 2 is 0.950 bits per heavy atom. The molecule has 0 nitrogen and oxygen atoms in total. The van der Waals surface area contributed by atoms with Gasteiger partial charge in [0, 0.05) is 0 Å². The summed E-state index contributed by atoms with van der Waals surface area (Å²) in [5, 5.41) is 0. The molecule has 0 radical (unpaired) electrons. The van der Waals surface area contributed by atoms with E-state index in [-0.39, 0.29) is 0 Å². The summed E-state index contributed by atoms with van der Waals surface area (Å²) in [5.41, 5.74) is 0. The highest BCUT2D eigenvalue weighted by Crippen LogP contribution is 2.30. The summed E-state index contributed by atoms with van der Waals surface area (Å²) >= 11 is 13.0. The first kappa shape index (κ1) is 20.3. The Balaban J connectivity index is 3.37. The van der Waals surface area contributed by atoms with Gasteiger partial charge >= 0.3 is 0 Å².